The first kappa shape index (κ1) is 10.4. The van der Waals surface area contributed by atoms with Crippen molar-refractivity contribution >= 4 is 17.0 Å². The molecule has 2 aromatic rings. The molecule has 0 unspecified atom stereocenters. The zero-order chi connectivity index (χ0) is 11.5. The minimum atomic E-state index is -0.408. The Morgan fingerprint density at radius 3 is 3.06 bits per heavy atom. The SMILES string of the molecule is CCOC(=O)c1ccc2ncc(=O)[nH]c2c1. The van der Waals surface area contributed by atoms with Crippen molar-refractivity contribution in [3.8, 4) is 0 Å². The van der Waals surface area contributed by atoms with Gasteiger partial charge in [-0.2, -0.15) is 0 Å². The van der Waals surface area contributed by atoms with Gasteiger partial charge in [0.2, 0.25) is 0 Å². The molecule has 1 N–H and O–H groups in total. The predicted molar refractivity (Wildman–Crippen MR) is 58.3 cm³/mol. The third-order valence-corrected chi connectivity index (χ3v) is 2.09. The Hall–Kier alpha value is -2.17. The molecule has 0 aliphatic rings. The molecule has 5 nitrogen and oxygen atoms in total. The van der Waals surface area contributed by atoms with Gasteiger partial charge in [0.05, 0.1) is 29.4 Å². The van der Waals surface area contributed by atoms with Gasteiger partial charge in [0, 0.05) is 0 Å². The summed E-state index contributed by atoms with van der Waals surface area (Å²) in [6, 6.07) is 4.84. The summed E-state index contributed by atoms with van der Waals surface area (Å²) in [7, 11) is 0. The van der Waals surface area contributed by atoms with Crippen molar-refractivity contribution in [2.45, 2.75) is 6.92 Å². The number of nitrogens with one attached hydrogen (secondary N) is 1. The van der Waals surface area contributed by atoms with Crippen LogP contribution in [0.2, 0.25) is 0 Å². The summed E-state index contributed by atoms with van der Waals surface area (Å²) >= 11 is 0. The van der Waals surface area contributed by atoms with E-state index < -0.39 is 5.97 Å². The molecule has 1 heterocycles. The van der Waals surface area contributed by atoms with Crippen LogP contribution in [0.1, 0.15) is 17.3 Å². The monoisotopic (exact) mass is 218 g/mol. The Labute approximate surface area is 91.1 Å². The number of rotatable bonds is 2. The number of hydrogen-bond donors (Lipinski definition) is 1. The van der Waals surface area contributed by atoms with Crippen LogP contribution in [0, 0.1) is 0 Å². The van der Waals surface area contributed by atoms with E-state index in [0.717, 1.165) is 0 Å². The van der Waals surface area contributed by atoms with Crippen molar-refractivity contribution in [2.24, 2.45) is 0 Å². The summed E-state index contributed by atoms with van der Waals surface area (Å²) in [4.78, 5) is 29.0. The molecule has 0 aliphatic carbocycles. The molecule has 0 spiro atoms. The minimum Gasteiger partial charge on any atom is -0.462 e. The number of hydrogen-bond acceptors (Lipinski definition) is 4. The molecule has 5 heteroatoms. The Morgan fingerprint density at radius 2 is 2.31 bits per heavy atom. The fourth-order valence-corrected chi connectivity index (χ4v) is 1.38. The van der Waals surface area contributed by atoms with Gasteiger partial charge in [-0.25, -0.2) is 9.78 Å². The van der Waals surface area contributed by atoms with E-state index in [4.69, 9.17) is 4.74 Å². The van der Waals surface area contributed by atoms with Crippen LogP contribution in [0.5, 0.6) is 0 Å². The van der Waals surface area contributed by atoms with Gasteiger partial charge < -0.3 is 9.72 Å². The zero-order valence-electron chi connectivity index (χ0n) is 8.69. The number of aromatic amines is 1. The molecule has 1 aromatic heterocycles. The van der Waals surface area contributed by atoms with Crippen molar-refractivity contribution in [2.75, 3.05) is 6.61 Å². The van der Waals surface area contributed by atoms with Gasteiger partial charge in [-0.1, -0.05) is 0 Å². The second-order valence-corrected chi connectivity index (χ2v) is 3.20. The highest BCUT2D eigenvalue weighted by molar-refractivity contribution is 5.93. The summed E-state index contributed by atoms with van der Waals surface area (Å²) in [5.41, 5.74) is 1.26. The van der Waals surface area contributed by atoms with Gasteiger partial charge in [-0.15, -0.1) is 0 Å². The molecule has 82 valence electrons. The van der Waals surface area contributed by atoms with E-state index in [1.54, 1.807) is 25.1 Å². The average molecular weight is 218 g/mol. The fraction of sp³-hybridized carbons (Fsp3) is 0.182. The molecule has 1 aromatic carbocycles. The summed E-state index contributed by atoms with van der Waals surface area (Å²) in [5.74, 6) is -0.408. The van der Waals surface area contributed by atoms with Gasteiger partial charge in [0.15, 0.2) is 0 Å². The first-order chi connectivity index (χ1) is 7.70. The van der Waals surface area contributed by atoms with Crippen LogP contribution in [-0.2, 0) is 4.74 Å². The number of carbonyl (C=O) groups is 1. The molecule has 0 aliphatic heterocycles. The lowest BCUT2D eigenvalue weighted by molar-refractivity contribution is 0.0526. The highest BCUT2D eigenvalue weighted by atomic mass is 16.5. The van der Waals surface area contributed by atoms with E-state index in [1.807, 2.05) is 0 Å². The van der Waals surface area contributed by atoms with Crippen molar-refractivity contribution < 1.29 is 9.53 Å². The lowest BCUT2D eigenvalue weighted by atomic mass is 10.2. The first-order valence-electron chi connectivity index (χ1n) is 4.87. The zero-order valence-corrected chi connectivity index (χ0v) is 8.69. The second kappa shape index (κ2) is 4.14. The maximum absolute atomic E-state index is 11.4. The van der Waals surface area contributed by atoms with Crippen LogP contribution in [0.25, 0.3) is 11.0 Å². The third-order valence-electron chi connectivity index (χ3n) is 2.09. The molecule has 0 radical (unpaired) electrons. The molecule has 16 heavy (non-hydrogen) atoms. The molecular weight excluding hydrogens is 208 g/mol. The number of carbonyl (C=O) groups excluding carboxylic acids is 1. The Kier molecular flexibility index (Phi) is 2.68. The largest absolute Gasteiger partial charge is 0.462 e. The maximum atomic E-state index is 11.4. The number of benzene rings is 1. The van der Waals surface area contributed by atoms with Gasteiger partial charge in [-0.05, 0) is 25.1 Å². The van der Waals surface area contributed by atoms with Crippen LogP contribution in [0.3, 0.4) is 0 Å². The predicted octanol–water partition coefficient (Wildman–Crippen LogP) is 1.10. The van der Waals surface area contributed by atoms with Crippen molar-refractivity contribution in [3.05, 3.63) is 40.3 Å². The minimum absolute atomic E-state index is 0.298. The van der Waals surface area contributed by atoms with E-state index in [2.05, 4.69) is 9.97 Å². The lowest BCUT2D eigenvalue weighted by Crippen LogP contribution is -2.07. The molecule has 0 saturated heterocycles. The Balaban J connectivity index is 2.50. The third kappa shape index (κ3) is 1.93. The summed E-state index contributed by atoms with van der Waals surface area (Å²) in [5, 5.41) is 0. The number of fused-ring (bicyclic) bond motifs is 1. The average Bonchev–Trinajstić information content (AvgIpc) is 2.28. The Bertz CT molecular complexity index is 589. The van der Waals surface area contributed by atoms with Crippen molar-refractivity contribution in [1.82, 2.24) is 9.97 Å². The number of esters is 1. The number of H-pyrrole nitrogens is 1. The van der Waals surface area contributed by atoms with Crippen LogP contribution in [0.4, 0.5) is 0 Å². The summed E-state index contributed by atoms with van der Waals surface area (Å²) < 4.78 is 4.86. The molecule has 0 fully saturated rings. The highest BCUT2D eigenvalue weighted by Gasteiger charge is 2.07. The molecule has 2 rings (SSSR count). The van der Waals surface area contributed by atoms with Crippen LogP contribution in [0.15, 0.2) is 29.2 Å². The molecule has 0 saturated carbocycles. The van der Waals surface area contributed by atoms with E-state index in [9.17, 15) is 9.59 Å². The van der Waals surface area contributed by atoms with Crippen molar-refractivity contribution in [3.63, 3.8) is 0 Å². The Morgan fingerprint density at radius 1 is 1.50 bits per heavy atom. The quantitative estimate of drug-likeness (QED) is 0.766. The van der Waals surface area contributed by atoms with Crippen LogP contribution < -0.4 is 5.56 Å². The van der Waals surface area contributed by atoms with Gasteiger partial charge >= 0.3 is 5.97 Å². The molecule has 0 amide bonds. The van der Waals surface area contributed by atoms with Gasteiger partial charge in [0.25, 0.3) is 5.56 Å². The van der Waals surface area contributed by atoms with Gasteiger partial charge in [-0.3, -0.25) is 4.79 Å². The smallest absolute Gasteiger partial charge is 0.338 e. The second-order valence-electron chi connectivity index (χ2n) is 3.20. The molecular formula is C11H10N2O3. The number of aromatic nitrogens is 2. The fourth-order valence-electron chi connectivity index (χ4n) is 1.38. The molecule has 0 bridgehead atoms. The summed E-state index contributed by atoms with van der Waals surface area (Å²) in [6.07, 6.45) is 1.20. The highest BCUT2D eigenvalue weighted by Crippen LogP contribution is 2.10. The van der Waals surface area contributed by atoms with Crippen LogP contribution in [-0.4, -0.2) is 22.5 Å². The van der Waals surface area contributed by atoms with Crippen LogP contribution >= 0.6 is 0 Å². The lowest BCUT2D eigenvalue weighted by Gasteiger charge is -2.02. The van der Waals surface area contributed by atoms with E-state index >= 15 is 0 Å². The van der Waals surface area contributed by atoms with Gasteiger partial charge in [0.1, 0.15) is 0 Å². The van der Waals surface area contributed by atoms with E-state index in [0.29, 0.717) is 23.2 Å². The number of ether oxygens (including phenoxy) is 1. The van der Waals surface area contributed by atoms with E-state index in [1.165, 1.54) is 6.20 Å². The van der Waals surface area contributed by atoms with Crippen molar-refractivity contribution in [1.29, 1.82) is 0 Å². The summed E-state index contributed by atoms with van der Waals surface area (Å²) in [6.45, 7) is 2.06. The standard InChI is InChI=1S/C11H10N2O3/c1-2-16-11(15)7-3-4-8-9(5-7)13-10(14)6-12-8/h3-6H,2H2,1H3,(H,13,14). The van der Waals surface area contributed by atoms with E-state index in [-0.39, 0.29) is 5.56 Å². The maximum Gasteiger partial charge on any atom is 0.338 e. The molecule has 0 atom stereocenters. The normalized spacial score (nSPS) is 10.3. The first-order valence-corrected chi connectivity index (χ1v) is 4.87. The topological polar surface area (TPSA) is 72.0 Å². The number of nitrogens with zero attached hydrogens (tertiary/aromatic N) is 1.